The minimum absolute atomic E-state index is 0.283. The number of esters is 1. The molecule has 9 heavy (non-hydrogen) atoms. The second-order valence-electron chi connectivity index (χ2n) is 2.41. The van der Waals surface area contributed by atoms with Crippen LogP contribution in [0.1, 0.15) is 19.8 Å². The third-order valence-electron chi connectivity index (χ3n) is 1.39. The predicted molar refractivity (Wildman–Crippen MR) is 32.5 cm³/mol. The summed E-state index contributed by atoms with van der Waals surface area (Å²) in [5.41, 5.74) is 5.44. The van der Waals surface area contributed by atoms with Gasteiger partial charge in [0.1, 0.15) is 0 Å². The smallest absolute Gasteiger partial charge is 0.304 e. The molecule has 0 bridgehead atoms. The van der Waals surface area contributed by atoms with E-state index in [9.17, 15) is 4.79 Å². The summed E-state index contributed by atoms with van der Waals surface area (Å²) in [6, 6.07) is 0. The van der Waals surface area contributed by atoms with Crippen LogP contribution in [-0.2, 0) is 9.53 Å². The summed E-state index contributed by atoms with van der Waals surface area (Å²) in [7, 11) is 0. The molecular weight excluding hydrogens is 118 g/mol. The van der Waals surface area contributed by atoms with Crippen molar-refractivity contribution in [1.29, 1.82) is 0 Å². The summed E-state index contributed by atoms with van der Waals surface area (Å²) in [5, 5.41) is 0. The highest BCUT2D eigenvalue weighted by Gasteiger charge is 2.30. The van der Waals surface area contributed by atoms with Gasteiger partial charge in [-0.1, -0.05) is 0 Å². The Labute approximate surface area is 54.2 Å². The second kappa shape index (κ2) is 2.35. The van der Waals surface area contributed by atoms with Gasteiger partial charge in [0.25, 0.3) is 0 Å². The van der Waals surface area contributed by atoms with E-state index in [-0.39, 0.29) is 12.2 Å². The van der Waals surface area contributed by atoms with Crippen molar-refractivity contribution in [3.8, 4) is 0 Å². The van der Waals surface area contributed by atoms with E-state index in [1.54, 1.807) is 0 Å². The Hall–Kier alpha value is -0.570. The van der Waals surface area contributed by atoms with Crippen LogP contribution in [0.2, 0.25) is 0 Å². The molecule has 0 heterocycles. The van der Waals surface area contributed by atoms with Crippen LogP contribution in [0.25, 0.3) is 0 Å². The number of hydrogen-bond acceptors (Lipinski definition) is 3. The molecule has 1 fully saturated rings. The van der Waals surface area contributed by atoms with E-state index in [2.05, 4.69) is 0 Å². The SMILES string of the molecule is CC(=O)OC(N)C1CC1. The van der Waals surface area contributed by atoms with E-state index in [1.807, 2.05) is 0 Å². The maximum absolute atomic E-state index is 10.3. The normalized spacial score (nSPS) is 21.1. The molecule has 1 rings (SSSR count). The van der Waals surface area contributed by atoms with Gasteiger partial charge in [-0.25, -0.2) is 0 Å². The highest BCUT2D eigenvalue weighted by Crippen LogP contribution is 2.31. The lowest BCUT2D eigenvalue weighted by Gasteiger charge is -2.08. The zero-order chi connectivity index (χ0) is 6.85. The van der Waals surface area contributed by atoms with E-state index in [0.29, 0.717) is 5.92 Å². The average Bonchev–Trinajstić information content (AvgIpc) is 2.40. The first-order valence-electron chi connectivity index (χ1n) is 3.13. The first-order chi connectivity index (χ1) is 4.20. The summed E-state index contributed by atoms with van der Waals surface area (Å²) in [6.07, 6.45) is 1.87. The quantitative estimate of drug-likeness (QED) is 0.429. The molecule has 0 saturated heterocycles. The Kier molecular flexibility index (Phi) is 1.71. The lowest BCUT2D eigenvalue weighted by atomic mass is 10.4. The summed E-state index contributed by atoms with van der Waals surface area (Å²) in [5.74, 6) is 0.156. The molecule has 52 valence electrons. The summed E-state index contributed by atoms with van der Waals surface area (Å²) < 4.78 is 4.71. The van der Waals surface area contributed by atoms with E-state index in [1.165, 1.54) is 6.92 Å². The molecule has 3 heteroatoms. The van der Waals surface area contributed by atoms with Crippen LogP contribution < -0.4 is 5.73 Å². The van der Waals surface area contributed by atoms with Gasteiger partial charge in [-0.2, -0.15) is 0 Å². The predicted octanol–water partition coefficient (Wildman–Crippen LogP) is 0.244. The number of carbonyl (C=O) groups is 1. The van der Waals surface area contributed by atoms with Gasteiger partial charge in [-0.15, -0.1) is 0 Å². The minimum atomic E-state index is -0.345. The second-order valence-corrected chi connectivity index (χ2v) is 2.41. The highest BCUT2D eigenvalue weighted by atomic mass is 16.6. The van der Waals surface area contributed by atoms with Gasteiger partial charge in [0.2, 0.25) is 0 Å². The first kappa shape index (κ1) is 6.55. The topological polar surface area (TPSA) is 52.3 Å². The highest BCUT2D eigenvalue weighted by molar-refractivity contribution is 5.66. The van der Waals surface area contributed by atoms with Gasteiger partial charge in [-0.3, -0.25) is 10.5 Å². The lowest BCUT2D eigenvalue weighted by Crippen LogP contribution is -2.27. The molecule has 3 nitrogen and oxygen atoms in total. The third-order valence-corrected chi connectivity index (χ3v) is 1.39. The van der Waals surface area contributed by atoms with Crippen molar-refractivity contribution in [2.75, 3.05) is 0 Å². The molecule has 1 aliphatic carbocycles. The van der Waals surface area contributed by atoms with Crippen LogP contribution in [0, 0.1) is 5.92 Å². The largest absolute Gasteiger partial charge is 0.447 e. The fourth-order valence-corrected chi connectivity index (χ4v) is 0.713. The molecule has 0 aromatic rings. The van der Waals surface area contributed by atoms with Crippen LogP contribution in [0.4, 0.5) is 0 Å². The Bertz CT molecular complexity index is 120. The molecule has 0 spiro atoms. The third kappa shape index (κ3) is 2.01. The molecule has 1 saturated carbocycles. The number of rotatable bonds is 2. The van der Waals surface area contributed by atoms with Gasteiger partial charge in [0, 0.05) is 12.8 Å². The van der Waals surface area contributed by atoms with E-state index >= 15 is 0 Å². The summed E-state index contributed by atoms with van der Waals surface area (Å²) in [6.45, 7) is 1.38. The molecule has 0 aliphatic heterocycles. The van der Waals surface area contributed by atoms with Crippen molar-refractivity contribution < 1.29 is 9.53 Å². The standard InChI is InChI=1S/C6H11NO2/c1-4(8)9-6(7)5-2-3-5/h5-6H,2-3,7H2,1H3. The van der Waals surface area contributed by atoms with Gasteiger partial charge in [-0.05, 0) is 12.8 Å². The summed E-state index contributed by atoms with van der Waals surface area (Å²) >= 11 is 0. The molecule has 1 aliphatic rings. The molecule has 0 amide bonds. The molecule has 2 N–H and O–H groups in total. The number of ether oxygens (including phenoxy) is 1. The van der Waals surface area contributed by atoms with Crippen molar-refractivity contribution in [2.24, 2.45) is 11.7 Å². The Balaban J connectivity index is 2.17. The van der Waals surface area contributed by atoms with Crippen molar-refractivity contribution >= 4 is 5.97 Å². The molecule has 0 radical (unpaired) electrons. The minimum Gasteiger partial charge on any atom is -0.447 e. The van der Waals surface area contributed by atoms with Gasteiger partial charge >= 0.3 is 5.97 Å². The number of hydrogen-bond donors (Lipinski definition) is 1. The number of nitrogens with two attached hydrogens (primary N) is 1. The van der Waals surface area contributed by atoms with Crippen LogP contribution >= 0.6 is 0 Å². The Morgan fingerprint density at radius 2 is 2.33 bits per heavy atom. The van der Waals surface area contributed by atoms with Crippen LogP contribution in [0.3, 0.4) is 0 Å². The zero-order valence-corrected chi connectivity index (χ0v) is 5.46. The zero-order valence-electron chi connectivity index (χ0n) is 5.46. The van der Waals surface area contributed by atoms with Crippen LogP contribution in [-0.4, -0.2) is 12.2 Å². The summed E-state index contributed by atoms with van der Waals surface area (Å²) in [4.78, 5) is 10.3. The fraction of sp³-hybridized carbons (Fsp3) is 0.833. The first-order valence-corrected chi connectivity index (χ1v) is 3.13. The van der Waals surface area contributed by atoms with Crippen molar-refractivity contribution in [2.45, 2.75) is 26.0 Å². The molecule has 1 atom stereocenters. The van der Waals surface area contributed by atoms with Gasteiger partial charge in [0.05, 0.1) is 0 Å². The Morgan fingerprint density at radius 1 is 1.78 bits per heavy atom. The van der Waals surface area contributed by atoms with Gasteiger partial charge < -0.3 is 4.74 Å². The fourth-order valence-electron chi connectivity index (χ4n) is 0.713. The monoisotopic (exact) mass is 129 g/mol. The van der Waals surface area contributed by atoms with E-state index in [0.717, 1.165) is 12.8 Å². The van der Waals surface area contributed by atoms with E-state index < -0.39 is 0 Å². The van der Waals surface area contributed by atoms with Crippen LogP contribution in [0.15, 0.2) is 0 Å². The van der Waals surface area contributed by atoms with E-state index in [4.69, 9.17) is 10.5 Å². The van der Waals surface area contributed by atoms with Crippen molar-refractivity contribution in [3.05, 3.63) is 0 Å². The maximum Gasteiger partial charge on any atom is 0.304 e. The average molecular weight is 129 g/mol. The van der Waals surface area contributed by atoms with Crippen LogP contribution in [0.5, 0.6) is 0 Å². The van der Waals surface area contributed by atoms with Gasteiger partial charge in [0.15, 0.2) is 6.23 Å². The lowest BCUT2D eigenvalue weighted by molar-refractivity contribution is -0.147. The van der Waals surface area contributed by atoms with Crippen molar-refractivity contribution in [3.63, 3.8) is 0 Å². The van der Waals surface area contributed by atoms with Crippen molar-refractivity contribution in [1.82, 2.24) is 0 Å². The molecular formula is C6H11NO2. The maximum atomic E-state index is 10.3. The molecule has 1 unspecified atom stereocenters. The Morgan fingerprint density at radius 3 is 2.67 bits per heavy atom. The molecule has 0 aromatic heterocycles. The number of carbonyl (C=O) groups excluding carboxylic acids is 1. The molecule has 0 aromatic carbocycles.